The number of carbonyl (C=O) groups is 3. The van der Waals surface area contributed by atoms with Crippen LogP contribution in [0.5, 0.6) is 0 Å². The van der Waals surface area contributed by atoms with Crippen molar-refractivity contribution in [1.29, 1.82) is 5.26 Å². The quantitative estimate of drug-likeness (QED) is 0.0514. The van der Waals surface area contributed by atoms with Gasteiger partial charge in [0.1, 0.15) is 23.7 Å². The SMILES string of the molecule is C=CCON=C(C(=O)NC1C(=O)N2C(C(=O)OC(c3ccccc3)c3ccccc3)=C(CS/C=C/C#N)CS[C@H]12)c1nsc(N)n1. The van der Waals surface area contributed by atoms with E-state index < -0.39 is 35.3 Å². The Balaban J connectivity index is 1.41. The van der Waals surface area contributed by atoms with E-state index in [1.807, 2.05) is 66.7 Å². The molecule has 0 saturated carbocycles. The molecule has 0 radical (unpaired) electrons. The topological polar surface area (TPSA) is 173 Å². The standard InChI is InChI=1S/C31H27N7O5S3/c1-2-15-42-36-22(26-35-31(33)46-37-26)27(39)34-23-28(40)38-24(21(18-45-29(23)38)17-44-16-9-14-32)30(41)43-25(19-10-5-3-6-11-19)20-12-7-4-8-13-20/h2-13,16,23,25,29H,1,15,17-18H2,(H,34,39)(H2,33,35,37)/b16-9+,36-22?/t23?,29-/m1/s1. The van der Waals surface area contributed by atoms with Gasteiger partial charge < -0.3 is 20.6 Å². The molecule has 2 aliphatic rings. The highest BCUT2D eigenvalue weighted by molar-refractivity contribution is 8.02. The summed E-state index contributed by atoms with van der Waals surface area (Å²) in [5.41, 5.74) is 7.75. The van der Waals surface area contributed by atoms with Crippen LogP contribution in [0.4, 0.5) is 5.13 Å². The molecule has 2 aromatic carbocycles. The third-order valence-electron chi connectivity index (χ3n) is 6.67. The van der Waals surface area contributed by atoms with Crippen molar-refractivity contribution in [3.63, 3.8) is 0 Å². The van der Waals surface area contributed by atoms with Crippen LogP contribution in [0.2, 0.25) is 0 Å². The Morgan fingerprint density at radius 1 is 1.22 bits per heavy atom. The van der Waals surface area contributed by atoms with Crippen molar-refractivity contribution in [1.82, 2.24) is 19.6 Å². The molecule has 2 aliphatic heterocycles. The summed E-state index contributed by atoms with van der Waals surface area (Å²) < 4.78 is 10.2. The number of hydrogen-bond donors (Lipinski definition) is 2. The number of nitrogens with two attached hydrogens (primary N) is 1. The first-order valence-electron chi connectivity index (χ1n) is 13.8. The number of rotatable bonds is 13. The largest absolute Gasteiger partial charge is 0.448 e. The fraction of sp³-hybridized carbons (Fsp3) is 0.194. The summed E-state index contributed by atoms with van der Waals surface area (Å²) in [6.07, 6.45) is 2.06. The number of fused-ring (bicyclic) bond motifs is 1. The lowest BCUT2D eigenvalue weighted by Crippen LogP contribution is -2.71. The Labute approximate surface area is 277 Å². The number of ether oxygens (including phenoxy) is 1. The van der Waals surface area contributed by atoms with E-state index in [9.17, 15) is 14.4 Å². The van der Waals surface area contributed by atoms with Gasteiger partial charge in [-0.2, -0.15) is 14.6 Å². The van der Waals surface area contributed by atoms with Gasteiger partial charge in [0, 0.05) is 29.1 Å². The van der Waals surface area contributed by atoms with E-state index in [2.05, 4.69) is 26.4 Å². The summed E-state index contributed by atoms with van der Waals surface area (Å²) in [4.78, 5) is 51.5. The van der Waals surface area contributed by atoms with E-state index in [4.69, 9.17) is 20.6 Å². The van der Waals surface area contributed by atoms with Crippen molar-refractivity contribution in [3.8, 4) is 6.07 Å². The minimum absolute atomic E-state index is 0.0264. The second kappa shape index (κ2) is 15.4. The molecule has 0 bridgehead atoms. The lowest BCUT2D eigenvalue weighted by Gasteiger charge is -2.49. The van der Waals surface area contributed by atoms with Crippen molar-refractivity contribution in [2.45, 2.75) is 17.5 Å². The first-order chi connectivity index (χ1) is 22.4. The zero-order valence-corrected chi connectivity index (χ0v) is 26.6. The molecule has 1 saturated heterocycles. The number of aromatic nitrogens is 2. The second-order valence-electron chi connectivity index (χ2n) is 9.64. The number of benzene rings is 2. The Morgan fingerprint density at radius 2 is 1.91 bits per heavy atom. The van der Waals surface area contributed by atoms with Gasteiger partial charge in [-0.15, -0.1) is 23.5 Å². The Kier molecular flexibility index (Phi) is 10.9. The molecule has 234 valence electrons. The molecule has 12 nitrogen and oxygen atoms in total. The van der Waals surface area contributed by atoms with Crippen LogP contribution in [-0.4, -0.2) is 67.3 Å². The summed E-state index contributed by atoms with van der Waals surface area (Å²) in [6, 6.07) is 19.6. The highest BCUT2D eigenvalue weighted by atomic mass is 32.2. The molecule has 5 rings (SSSR count). The van der Waals surface area contributed by atoms with Gasteiger partial charge in [-0.1, -0.05) is 78.5 Å². The number of nitrogens with one attached hydrogen (secondary N) is 1. The molecular weight excluding hydrogens is 647 g/mol. The van der Waals surface area contributed by atoms with Crippen molar-refractivity contribution in [2.75, 3.05) is 23.8 Å². The van der Waals surface area contributed by atoms with E-state index in [0.717, 1.165) is 22.7 Å². The lowest BCUT2D eigenvalue weighted by molar-refractivity contribution is -0.154. The molecule has 3 heterocycles. The average molecular weight is 674 g/mol. The Hall–Kier alpha value is -4.91. The monoisotopic (exact) mass is 673 g/mol. The molecule has 3 aromatic rings. The average Bonchev–Trinajstić information content (AvgIpc) is 3.52. The highest BCUT2D eigenvalue weighted by Gasteiger charge is 2.55. The van der Waals surface area contributed by atoms with Crippen LogP contribution in [0, 0.1) is 11.3 Å². The van der Waals surface area contributed by atoms with Gasteiger partial charge in [0.05, 0.1) is 6.07 Å². The Morgan fingerprint density at radius 3 is 2.52 bits per heavy atom. The number of hydrogen-bond acceptors (Lipinski definition) is 13. The van der Waals surface area contributed by atoms with Crippen LogP contribution in [0.1, 0.15) is 23.1 Å². The van der Waals surface area contributed by atoms with Crippen LogP contribution < -0.4 is 11.1 Å². The smallest absolute Gasteiger partial charge is 0.356 e. The van der Waals surface area contributed by atoms with Gasteiger partial charge in [0.15, 0.2) is 11.2 Å². The number of carbonyl (C=O) groups excluding carboxylic acids is 3. The zero-order valence-electron chi connectivity index (χ0n) is 24.1. The fourth-order valence-electron chi connectivity index (χ4n) is 4.64. The number of amides is 2. The van der Waals surface area contributed by atoms with E-state index in [-0.39, 0.29) is 29.0 Å². The van der Waals surface area contributed by atoms with Crippen LogP contribution >= 0.6 is 35.1 Å². The third kappa shape index (κ3) is 7.31. The lowest BCUT2D eigenvalue weighted by atomic mass is 10.0. The summed E-state index contributed by atoms with van der Waals surface area (Å²) in [7, 11) is 0. The number of oxime groups is 1. The molecule has 1 aromatic heterocycles. The summed E-state index contributed by atoms with van der Waals surface area (Å²) in [5.74, 6) is -1.24. The molecule has 1 fully saturated rings. The minimum atomic E-state index is -0.979. The molecule has 46 heavy (non-hydrogen) atoms. The van der Waals surface area contributed by atoms with Gasteiger partial charge in [0.2, 0.25) is 11.5 Å². The Bertz CT molecular complexity index is 1700. The van der Waals surface area contributed by atoms with Crippen molar-refractivity contribution < 1.29 is 24.0 Å². The van der Waals surface area contributed by atoms with Gasteiger partial charge in [0.25, 0.3) is 11.8 Å². The molecule has 0 aliphatic carbocycles. The van der Waals surface area contributed by atoms with Gasteiger partial charge >= 0.3 is 5.97 Å². The first kappa shape index (κ1) is 32.5. The number of nitrogen functional groups attached to an aromatic ring is 1. The molecule has 1 unspecified atom stereocenters. The van der Waals surface area contributed by atoms with E-state index in [1.165, 1.54) is 40.6 Å². The van der Waals surface area contributed by atoms with E-state index in [1.54, 1.807) is 5.41 Å². The molecule has 3 N–H and O–H groups in total. The van der Waals surface area contributed by atoms with Crippen molar-refractivity contribution >= 4 is 63.7 Å². The summed E-state index contributed by atoms with van der Waals surface area (Å²) in [5, 5.41) is 16.6. The number of anilines is 1. The van der Waals surface area contributed by atoms with Gasteiger partial charge in [-0.3, -0.25) is 14.5 Å². The maximum atomic E-state index is 14.0. The first-order valence-corrected chi connectivity index (χ1v) is 16.6. The minimum Gasteiger partial charge on any atom is -0.448 e. The summed E-state index contributed by atoms with van der Waals surface area (Å²) in [6.45, 7) is 3.58. The number of β-lactam (4-membered cyclic amide) rings is 1. The highest BCUT2D eigenvalue weighted by Crippen LogP contribution is 2.42. The third-order valence-corrected chi connectivity index (χ3v) is 9.40. The van der Waals surface area contributed by atoms with E-state index in [0.29, 0.717) is 17.1 Å². The molecular formula is C31H27N7O5S3. The number of esters is 1. The van der Waals surface area contributed by atoms with Crippen LogP contribution in [0.15, 0.2) is 101 Å². The number of thioether (sulfide) groups is 2. The summed E-state index contributed by atoms with van der Waals surface area (Å²) >= 11 is 3.59. The predicted molar refractivity (Wildman–Crippen MR) is 177 cm³/mol. The van der Waals surface area contributed by atoms with Crippen LogP contribution in [0.3, 0.4) is 0 Å². The number of nitriles is 1. The number of nitrogens with zero attached hydrogens (tertiary/aromatic N) is 5. The van der Waals surface area contributed by atoms with Crippen molar-refractivity contribution in [3.05, 3.63) is 113 Å². The molecule has 15 heteroatoms. The molecule has 2 amide bonds. The number of allylic oxidation sites excluding steroid dienone is 1. The maximum Gasteiger partial charge on any atom is 0.356 e. The van der Waals surface area contributed by atoms with E-state index >= 15 is 0 Å². The fourth-order valence-corrected chi connectivity index (χ4v) is 7.24. The van der Waals surface area contributed by atoms with Crippen molar-refractivity contribution in [2.24, 2.45) is 5.16 Å². The second-order valence-corrected chi connectivity index (χ2v) is 12.4. The van der Waals surface area contributed by atoms with Gasteiger partial charge in [-0.05, 0) is 22.1 Å². The van der Waals surface area contributed by atoms with Crippen LogP contribution in [0.25, 0.3) is 0 Å². The zero-order chi connectivity index (χ0) is 32.5. The maximum absolute atomic E-state index is 14.0. The molecule has 0 spiro atoms. The molecule has 2 atom stereocenters. The van der Waals surface area contributed by atoms with Gasteiger partial charge in [-0.25, -0.2) is 4.79 Å². The predicted octanol–water partition coefficient (Wildman–Crippen LogP) is 3.78. The van der Waals surface area contributed by atoms with Crippen LogP contribution in [-0.2, 0) is 24.0 Å². The normalized spacial score (nSPS) is 17.7.